The lowest BCUT2D eigenvalue weighted by Crippen LogP contribution is -2.48. The highest BCUT2D eigenvalue weighted by atomic mass is 16.4. The normalized spacial score (nSPS) is 33.0. The van der Waals surface area contributed by atoms with E-state index in [0.29, 0.717) is 5.92 Å². The fourth-order valence-electron chi connectivity index (χ4n) is 3.68. The first-order valence-electron chi connectivity index (χ1n) is 6.95. The fraction of sp³-hybridized carbons (Fsp3) is 0.692. The smallest absolute Gasteiger partial charge is 0.308 e. The molecule has 1 aromatic heterocycles. The Labute approximate surface area is 116 Å². The van der Waals surface area contributed by atoms with Crippen LogP contribution >= 0.6 is 0 Å². The predicted molar refractivity (Wildman–Crippen MR) is 68.6 cm³/mol. The van der Waals surface area contributed by atoms with Gasteiger partial charge in [-0.1, -0.05) is 0 Å². The van der Waals surface area contributed by atoms with Gasteiger partial charge >= 0.3 is 5.97 Å². The summed E-state index contributed by atoms with van der Waals surface area (Å²) >= 11 is 0. The van der Waals surface area contributed by atoms with Crippen LogP contribution in [-0.4, -0.2) is 37.8 Å². The van der Waals surface area contributed by atoms with E-state index in [2.05, 4.69) is 15.4 Å². The maximum absolute atomic E-state index is 12.2. The molecule has 0 aliphatic heterocycles. The number of hydrogen-bond acceptors (Lipinski definition) is 4. The molecular weight excluding hydrogens is 260 g/mol. The second kappa shape index (κ2) is 4.88. The average molecular weight is 278 g/mol. The lowest BCUT2D eigenvalue weighted by molar-refractivity contribution is -0.144. The van der Waals surface area contributed by atoms with Crippen molar-refractivity contribution in [1.82, 2.24) is 20.1 Å². The summed E-state index contributed by atoms with van der Waals surface area (Å²) in [5.41, 5.74) is 0. The van der Waals surface area contributed by atoms with E-state index in [0.717, 1.165) is 19.3 Å². The maximum atomic E-state index is 12.2. The van der Waals surface area contributed by atoms with Crippen molar-refractivity contribution in [1.29, 1.82) is 0 Å². The molecular formula is C13H18N4O3. The Morgan fingerprint density at radius 1 is 1.40 bits per heavy atom. The van der Waals surface area contributed by atoms with Crippen molar-refractivity contribution in [3.05, 3.63) is 12.7 Å². The molecule has 2 aliphatic carbocycles. The van der Waals surface area contributed by atoms with E-state index in [1.807, 2.05) is 0 Å². The van der Waals surface area contributed by atoms with Gasteiger partial charge in [0.2, 0.25) is 5.91 Å². The molecule has 1 heterocycles. The third-order valence-electron chi connectivity index (χ3n) is 4.72. The summed E-state index contributed by atoms with van der Waals surface area (Å²) in [5, 5.41) is 16.2. The number of carbonyl (C=O) groups excluding carboxylic acids is 1. The van der Waals surface area contributed by atoms with Crippen LogP contribution in [0, 0.1) is 17.8 Å². The summed E-state index contributed by atoms with van der Waals surface area (Å²) in [6, 6.07) is -0.726. The van der Waals surface area contributed by atoms with Crippen LogP contribution in [-0.2, 0) is 9.59 Å². The molecule has 108 valence electrons. The largest absolute Gasteiger partial charge is 0.481 e. The molecule has 1 aromatic rings. The number of aliphatic carboxylic acids is 1. The van der Waals surface area contributed by atoms with Gasteiger partial charge in [-0.2, -0.15) is 5.10 Å². The molecule has 7 nitrogen and oxygen atoms in total. The van der Waals surface area contributed by atoms with E-state index in [4.69, 9.17) is 0 Å². The summed E-state index contributed by atoms with van der Waals surface area (Å²) in [6.45, 7) is 1.73. The number of hydrogen-bond donors (Lipinski definition) is 2. The van der Waals surface area contributed by atoms with Crippen molar-refractivity contribution in [3.8, 4) is 0 Å². The van der Waals surface area contributed by atoms with Crippen molar-refractivity contribution in [2.45, 2.75) is 38.3 Å². The SMILES string of the molecule is CC(C(=O)NC1C2CCC(C2)C1C(=O)O)n1cncn1. The van der Waals surface area contributed by atoms with E-state index in [-0.39, 0.29) is 17.9 Å². The highest BCUT2D eigenvalue weighted by molar-refractivity contribution is 5.81. The second-order valence-corrected chi connectivity index (χ2v) is 5.78. The Balaban J connectivity index is 1.70. The zero-order valence-electron chi connectivity index (χ0n) is 11.3. The van der Waals surface area contributed by atoms with Gasteiger partial charge in [0, 0.05) is 6.04 Å². The lowest BCUT2D eigenvalue weighted by atomic mass is 9.84. The van der Waals surface area contributed by atoms with E-state index in [9.17, 15) is 14.7 Å². The van der Waals surface area contributed by atoms with Crippen molar-refractivity contribution in [2.75, 3.05) is 0 Å². The van der Waals surface area contributed by atoms with Crippen molar-refractivity contribution in [3.63, 3.8) is 0 Å². The molecule has 5 unspecified atom stereocenters. The highest BCUT2D eigenvalue weighted by Gasteiger charge is 2.51. The topological polar surface area (TPSA) is 97.1 Å². The molecule has 0 radical (unpaired) electrons. The van der Waals surface area contributed by atoms with Crippen LogP contribution in [0.1, 0.15) is 32.2 Å². The van der Waals surface area contributed by atoms with Gasteiger partial charge in [-0.25, -0.2) is 9.67 Å². The number of rotatable bonds is 4. The summed E-state index contributed by atoms with van der Waals surface area (Å²) in [5.74, 6) is -0.923. The van der Waals surface area contributed by atoms with Crippen LogP contribution in [0.25, 0.3) is 0 Å². The molecule has 20 heavy (non-hydrogen) atoms. The quantitative estimate of drug-likeness (QED) is 0.833. The number of carboxylic acid groups (broad SMARTS) is 1. The zero-order chi connectivity index (χ0) is 14.3. The summed E-state index contributed by atoms with van der Waals surface area (Å²) in [7, 11) is 0. The number of fused-ring (bicyclic) bond motifs is 2. The molecule has 2 N–H and O–H groups in total. The molecule has 1 amide bonds. The zero-order valence-corrected chi connectivity index (χ0v) is 11.3. The van der Waals surface area contributed by atoms with Gasteiger partial charge < -0.3 is 10.4 Å². The summed E-state index contributed by atoms with van der Waals surface area (Å²) in [6.07, 6.45) is 5.75. The Morgan fingerprint density at radius 3 is 2.80 bits per heavy atom. The minimum absolute atomic E-state index is 0.195. The third kappa shape index (κ3) is 2.07. The summed E-state index contributed by atoms with van der Waals surface area (Å²) < 4.78 is 1.47. The van der Waals surface area contributed by atoms with E-state index < -0.39 is 17.9 Å². The monoisotopic (exact) mass is 278 g/mol. The molecule has 5 atom stereocenters. The van der Waals surface area contributed by atoms with Crippen LogP contribution in [0.2, 0.25) is 0 Å². The van der Waals surface area contributed by atoms with Gasteiger partial charge in [-0.3, -0.25) is 9.59 Å². The molecule has 2 saturated carbocycles. The highest BCUT2D eigenvalue weighted by Crippen LogP contribution is 2.48. The average Bonchev–Trinajstić information content (AvgIpc) is 3.13. The van der Waals surface area contributed by atoms with Crippen LogP contribution in [0.15, 0.2) is 12.7 Å². The first kappa shape index (κ1) is 13.1. The van der Waals surface area contributed by atoms with Crippen molar-refractivity contribution < 1.29 is 14.7 Å². The molecule has 0 spiro atoms. The number of amides is 1. The van der Waals surface area contributed by atoms with Gasteiger partial charge in [-0.15, -0.1) is 0 Å². The van der Waals surface area contributed by atoms with E-state index in [1.165, 1.54) is 17.3 Å². The minimum atomic E-state index is -0.795. The van der Waals surface area contributed by atoms with E-state index in [1.54, 1.807) is 6.92 Å². The number of nitrogens with one attached hydrogen (secondary N) is 1. The molecule has 7 heteroatoms. The van der Waals surface area contributed by atoms with E-state index >= 15 is 0 Å². The van der Waals surface area contributed by atoms with Crippen LogP contribution in [0.4, 0.5) is 0 Å². The van der Waals surface area contributed by atoms with Gasteiger partial charge in [0.05, 0.1) is 5.92 Å². The molecule has 0 aromatic carbocycles. The first-order chi connectivity index (χ1) is 9.58. The molecule has 2 bridgehead atoms. The first-order valence-corrected chi connectivity index (χ1v) is 6.95. The molecule has 0 saturated heterocycles. The van der Waals surface area contributed by atoms with Crippen LogP contribution in [0.5, 0.6) is 0 Å². The molecule has 3 rings (SSSR count). The van der Waals surface area contributed by atoms with Crippen molar-refractivity contribution in [2.24, 2.45) is 17.8 Å². The number of nitrogens with zero attached hydrogens (tertiary/aromatic N) is 3. The molecule has 2 fully saturated rings. The van der Waals surface area contributed by atoms with Crippen LogP contribution < -0.4 is 5.32 Å². The minimum Gasteiger partial charge on any atom is -0.481 e. The van der Waals surface area contributed by atoms with Gasteiger partial charge in [0.1, 0.15) is 18.7 Å². The van der Waals surface area contributed by atoms with Crippen molar-refractivity contribution >= 4 is 11.9 Å². The number of carbonyl (C=O) groups is 2. The number of aromatic nitrogens is 3. The van der Waals surface area contributed by atoms with Gasteiger partial charge in [0.25, 0.3) is 0 Å². The third-order valence-corrected chi connectivity index (χ3v) is 4.72. The maximum Gasteiger partial charge on any atom is 0.308 e. The van der Waals surface area contributed by atoms with Gasteiger partial charge in [-0.05, 0) is 38.0 Å². The predicted octanol–water partition coefficient (Wildman–Crippen LogP) is 0.455. The van der Waals surface area contributed by atoms with Gasteiger partial charge in [0.15, 0.2) is 0 Å². The summed E-state index contributed by atoms with van der Waals surface area (Å²) in [4.78, 5) is 27.5. The molecule has 2 aliphatic rings. The fourth-order valence-corrected chi connectivity index (χ4v) is 3.68. The Kier molecular flexibility index (Phi) is 3.19. The second-order valence-electron chi connectivity index (χ2n) is 5.78. The Morgan fingerprint density at radius 2 is 2.15 bits per heavy atom. The number of carboxylic acids is 1. The lowest BCUT2D eigenvalue weighted by Gasteiger charge is -2.29. The Hall–Kier alpha value is -1.92. The van der Waals surface area contributed by atoms with Crippen LogP contribution in [0.3, 0.4) is 0 Å². The standard InChI is InChI=1S/C13H18N4O3/c1-7(17-6-14-5-15-17)12(18)16-11-9-3-2-8(4-9)10(11)13(19)20/h5-11H,2-4H2,1H3,(H,16,18)(H,19,20). The Bertz CT molecular complexity index is 516.